The van der Waals surface area contributed by atoms with E-state index in [1.807, 2.05) is 117 Å². The number of carbonyl (C=O) groups excluding carboxylic acids is 3. The van der Waals surface area contributed by atoms with Crippen LogP contribution in [0.1, 0.15) is 86.1 Å². The highest BCUT2D eigenvalue weighted by atomic mass is 16.5. The number of hydrogen-bond donors (Lipinski definition) is 3. The average molecular weight is 1120 g/mol. The summed E-state index contributed by atoms with van der Waals surface area (Å²) in [5.41, 5.74) is 8.11. The average Bonchev–Trinajstić information content (AvgIpc) is 4.39. The molecule has 0 aliphatic carbocycles. The zero-order chi connectivity index (χ0) is 55.3. The lowest BCUT2D eigenvalue weighted by molar-refractivity contribution is -0.140. The molecule has 3 aliphatic rings. The van der Waals surface area contributed by atoms with Gasteiger partial charge in [0.15, 0.2) is 17.4 Å². The number of nitrogens with zero attached hydrogens (tertiary/aromatic N) is 10. The van der Waals surface area contributed by atoms with Gasteiger partial charge in [0.05, 0.1) is 35.5 Å². The first-order chi connectivity index (χ1) is 38.2. The minimum atomic E-state index is -0.970. The first kappa shape index (κ1) is 61.6. The number of hydrogen-bond acceptors (Lipinski definition) is 16. The Labute approximate surface area is 480 Å². The van der Waals surface area contributed by atoms with E-state index in [1.165, 1.54) is 0 Å². The number of ketones is 2. The van der Waals surface area contributed by atoms with Gasteiger partial charge in [0, 0.05) is 125 Å². The van der Waals surface area contributed by atoms with Gasteiger partial charge in [0.25, 0.3) is 0 Å². The van der Waals surface area contributed by atoms with Crippen LogP contribution in [0, 0.1) is 0 Å². The predicted molar refractivity (Wildman–Crippen MR) is 319 cm³/mol. The van der Waals surface area contributed by atoms with Crippen molar-refractivity contribution in [2.45, 2.75) is 105 Å². The second-order valence-corrected chi connectivity index (χ2v) is 21.0. The summed E-state index contributed by atoms with van der Waals surface area (Å²) in [6.07, 6.45) is 11.6. The molecule has 2 atom stereocenters. The molecule has 11 rings (SSSR count). The Morgan fingerprint density at radius 3 is 1.71 bits per heavy atom. The molecule has 8 aromatic rings. The highest BCUT2D eigenvalue weighted by Crippen LogP contribution is 2.33. The van der Waals surface area contributed by atoms with Crippen molar-refractivity contribution in [1.29, 1.82) is 0 Å². The molecule has 0 bridgehead atoms. The van der Waals surface area contributed by atoms with Gasteiger partial charge in [-0.25, -0.2) is 15.0 Å². The second-order valence-electron chi connectivity index (χ2n) is 21.0. The van der Waals surface area contributed by atoms with Crippen molar-refractivity contribution in [2.24, 2.45) is 7.05 Å². The quantitative estimate of drug-likeness (QED) is 0.0727. The van der Waals surface area contributed by atoms with E-state index < -0.39 is 11.2 Å². The first-order valence-corrected chi connectivity index (χ1v) is 26.8. The van der Waals surface area contributed by atoms with Gasteiger partial charge in [-0.15, -0.1) is 0 Å². The van der Waals surface area contributed by atoms with Gasteiger partial charge >= 0.3 is 0 Å². The molecule has 0 saturated carbocycles. The Balaban J connectivity index is 0.000000259. The van der Waals surface area contributed by atoms with Crippen molar-refractivity contribution < 1.29 is 33.3 Å². The topological polar surface area (TPSA) is 233 Å². The van der Waals surface area contributed by atoms with E-state index in [9.17, 15) is 14.4 Å². The second kappa shape index (κ2) is 26.7. The molecule has 6 aromatic heterocycles. The predicted octanol–water partition coefficient (Wildman–Crippen LogP) is 8.93. The molecule has 2 aromatic carbocycles. The Morgan fingerprint density at radius 1 is 0.671 bits per heavy atom. The van der Waals surface area contributed by atoms with Crippen LogP contribution >= 0.6 is 0 Å². The lowest BCUT2D eigenvalue weighted by Gasteiger charge is -2.29. The molecule has 1 amide bonds. The van der Waals surface area contributed by atoms with Crippen LogP contribution in [0.5, 0.6) is 11.8 Å². The summed E-state index contributed by atoms with van der Waals surface area (Å²) in [5.74, 6) is 1.93. The third kappa shape index (κ3) is 13.6. The number of aryl methyl sites for hydroxylation is 1. The molecular formula is C62H79N13O7. The molecule has 3 N–H and O–H groups in total. The van der Waals surface area contributed by atoms with Crippen LogP contribution < -0.4 is 14.8 Å². The summed E-state index contributed by atoms with van der Waals surface area (Å²) in [5, 5.41) is 24.6. The van der Waals surface area contributed by atoms with Gasteiger partial charge in [0.2, 0.25) is 17.7 Å². The standard InChI is InChI=1S/C37H41N9O4.C22H26N4O3.3CH4/c1-24(2)50-33-10-7-27(19-39-33)35-29-17-25(5-8-31(29)41-42-35)18-32(47)37(49-4)13-16-45(22-37)21-34(48)46-14-11-26(12-15-46)30-9-6-28(20-38-30)36-40-23-44(3)43-36;1-14(2)29-20-7-5-16(12-24-20)21-17-10-15(4-6-18(17)25-26-21)11-19(27)22(28-3)8-9-23-13-22;;;/h5-11,17,19-20,23-24H,12-16,18,21-22H2,1-4H3,(H,41,42);4-7,10,12,14,23H,8-9,11,13H2,1-3H3,(H,25,26);3*1H4/t37-;22-;;;/m00.../s1. The molecule has 9 heterocycles. The molecule has 2 saturated heterocycles. The van der Waals surface area contributed by atoms with E-state index in [2.05, 4.69) is 56.8 Å². The number of nitrogens with one attached hydrogen (secondary N) is 3. The van der Waals surface area contributed by atoms with E-state index in [0.29, 0.717) is 69.6 Å². The molecule has 0 unspecified atom stereocenters. The van der Waals surface area contributed by atoms with Crippen LogP contribution in [-0.2, 0) is 43.7 Å². The highest BCUT2D eigenvalue weighted by Gasteiger charge is 2.45. The molecule has 0 radical (unpaired) electrons. The number of H-pyrrole nitrogens is 2. The molecule has 20 nitrogen and oxygen atoms in total. The van der Waals surface area contributed by atoms with Gasteiger partial charge in [-0.05, 0) is 119 Å². The third-order valence-electron chi connectivity index (χ3n) is 14.8. The van der Waals surface area contributed by atoms with Crippen molar-refractivity contribution in [3.05, 3.63) is 121 Å². The van der Waals surface area contributed by atoms with E-state index in [1.54, 1.807) is 43.8 Å². The number of carbonyl (C=O) groups is 3. The fourth-order valence-corrected chi connectivity index (χ4v) is 10.4. The molecule has 0 spiro atoms. The summed E-state index contributed by atoms with van der Waals surface area (Å²) < 4.78 is 24.5. The van der Waals surface area contributed by atoms with Crippen molar-refractivity contribution in [3.63, 3.8) is 0 Å². The number of amides is 1. The normalized spacial score (nSPS) is 17.9. The fraction of sp³-hybridized carbons (Fsp3) is 0.419. The summed E-state index contributed by atoms with van der Waals surface area (Å²) >= 11 is 0. The van der Waals surface area contributed by atoms with Crippen molar-refractivity contribution >= 4 is 44.9 Å². The summed E-state index contributed by atoms with van der Waals surface area (Å²) in [6, 6.07) is 23.4. The number of likely N-dealkylation sites (tertiary alicyclic amines) is 1. The van der Waals surface area contributed by atoms with Crippen LogP contribution in [0.15, 0.2) is 104 Å². The minimum Gasteiger partial charge on any atom is -0.475 e. The number of pyridine rings is 3. The highest BCUT2D eigenvalue weighted by molar-refractivity contribution is 5.97. The number of rotatable bonds is 18. The zero-order valence-corrected chi connectivity index (χ0v) is 45.8. The number of ether oxygens (including phenoxy) is 4. The minimum absolute atomic E-state index is 0. The number of aromatic amines is 2. The van der Waals surface area contributed by atoms with E-state index in [4.69, 9.17) is 18.9 Å². The van der Waals surface area contributed by atoms with E-state index >= 15 is 0 Å². The largest absolute Gasteiger partial charge is 0.475 e. The summed E-state index contributed by atoms with van der Waals surface area (Å²) in [7, 11) is 5.03. The first-order valence-electron chi connectivity index (χ1n) is 26.8. The van der Waals surface area contributed by atoms with Crippen molar-refractivity contribution in [1.82, 2.24) is 65.2 Å². The van der Waals surface area contributed by atoms with Crippen LogP contribution in [0.25, 0.3) is 61.3 Å². The SMILES string of the molecule is C.C.C.CO[C@@]1(C(=O)Cc2ccc3[nH]nc(-c4ccc(OC(C)C)nc4)c3c2)CCN(CC(=O)N2CC=C(c3ccc(-c4ncn(C)n4)cn3)CC2)C1.CO[C@@]1(C(=O)Cc2ccc3[nH]nc(-c4ccc(OC(C)C)nc4)c3c2)CCNC1. The van der Waals surface area contributed by atoms with Crippen LogP contribution in [0.3, 0.4) is 0 Å². The summed E-state index contributed by atoms with van der Waals surface area (Å²) in [6.45, 7) is 11.6. The molecular weight excluding hydrogens is 1040 g/mol. The molecule has 20 heteroatoms. The van der Waals surface area contributed by atoms with Crippen molar-refractivity contribution in [2.75, 3.05) is 60.0 Å². The van der Waals surface area contributed by atoms with Crippen LogP contribution in [-0.4, -0.2) is 161 Å². The maximum atomic E-state index is 13.8. The lowest BCUT2D eigenvalue weighted by atomic mass is 9.91. The maximum absolute atomic E-state index is 13.8. The summed E-state index contributed by atoms with van der Waals surface area (Å²) in [4.78, 5) is 61.7. The van der Waals surface area contributed by atoms with Gasteiger partial charge in [-0.2, -0.15) is 15.3 Å². The number of methoxy groups -OCH3 is 2. The van der Waals surface area contributed by atoms with Gasteiger partial charge < -0.3 is 29.2 Å². The van der Waals surface area contributed by atoms with Crippen molar-refractivity contribution in [3.8, 4) is 45.7 Å². The van der Waals surface area contributed by atoms with E-state index in [0.717, 1.165) is 85.2 Å². The van der Waals surface area contributed by atoms with Crippen LogP contribution in [0.2, 0.25) is 0 Å². The third-order valence-corrected chi connectivity index (χ3v) is 14.8. The Hall–Kier alpha value is -8.04. The molecule has 82 heavy (non-hydrogen) atoms. The molecule has 2 fully saturated rings. The molecule has 434 valence electrons. The number of fused-ring (bicyclic) bond motifs is 2. The van der Waals surface area contributed by atoms with Crippen LogP contribution in [0.4, 0.5) is 0 Å². The Kier molecular flexibility index (Phi) is 20.0. The Bertz CT molecular complexity index is 3470. The van der Waals surface area contributed by atoms with Gasteiger partial charge in [-0.1, -0.05) is 40.5 Å². The lowest BCUT2D eigenvalue weighted by Crippen LogP contribution is -2.46. The zero-order valence-electron chi connectivity index (χ0n) is 45.8. The van der Waals surface area contributed by atoms with E-state index in [-0.39, 0.29) is 64.9 Å². The Morgan fingerprint density at radius 2 is 1.24 bits per heavy atom. The molecule has 3 aliphatic heterocycles. The van der Waals surface area contributed by atoms with Gasteiger partial charge in [-0.3, -0.25) is 39.1 Å². The maximum Gasteiger partial charge on any atom is 0.237 e. The monoisotopic (exact) mass is 1120 g/mol. The fourth-order valence-electron chi connectivity index (χ4n) is 10.4. The smallest absolute Gasteiger partial charge is 0.237 e. The number of aromatic nitrogens is 10. The van der Waals surface area contributed by atoms with Gasteiger partial charge in [0.1, 0.15) is 28.9 Å². The number of Topliss-reactive ketones (excluding diaryl/α,β-unsaturated/α-hetero) is 2. The number of benzene rings is 2.